The van der Waals surface area contributed by atoms with Crippen LogP contribution in [-0.2, 0) is 11.3 Å². The van der Waals surface area contributed by atoms with Gasteiger partial charge in [-0.15, -0.1) is 0 Å². The molecule has 0 radical (unpaired) electrons. The molecule has 1 heterocycles. The third kappa shape index (κ3) is 3.73. The maximum absolute atomic E-state index is 11.9. The second-order valence-electron chi connectivity index (χ2n) is 4.29. The minimum atomic E-state index is -0.323. The molecule has 0 aliphatic carbocycles. The number of nitrogen functional groups attached to an aromatic ring is 1. The van der Waals surface area contributed by atoms with E-state index in [1.54, 1.807) is 18.3 Å². The molecule has 2 rings (SSSR count). The zero-order chi connectivity index (χ0) is 15.4. The highest BCUT2D eigenvalue weighted by Crippen LogP contribution is 2.20. The van der Waals surface area contributed by atoms with Crippen molar-refractivity contribution in [1.82, 2.24) is 15.1 Å². The number of carbonyl (C=O) groups is 2. The Morgan fingerprint density at radius 2 is 2.19 bits per heavy atom. The van der Waals surface area contributed by atoms with Gasteiger partial charge in [-0.25, -0.2) is 0 Å². The fourth-order valence-electron chi connectivity index (χ4n) is 1.73. The number of nitrogens with two attached hydrogens (primary N) is 1. The second-order valence-corrected chi connectivity index (χ2v) is 4.70. The fraction of sp³-hybridized carbons (Fsp3) is 0.154. The molecule has 7 nitrogen and oxygen atoms in total. The van der Waals surface area contributed by atoms with Gasteiger partial charge in [-0.3, -0.25) is 14.3 Å². The first kappa shape index (κ1) is 14.9. The molecular formula is C13H14ClN5O2. The van der Waals surface area contributed by atoms with E-state index in [9.17, 15) is 9.59 Å². The molecule has 2 aromatic rings. The van der Waals surface area contributed by atoms with Gasteiger partial charge in [0.1, 0.15) is 6.54 Å². The lowest BCUT2D eigenvalue weighted by atomic mass is 10.2. The Hall–Kier alpha value is -2.54. The van der Waals surface area contributed by atoms with Crippen LogP contribution in [0.15, 0.2) is 30.6 Å². The van der Waals surface area contributed by atoms with Crippen LogP contribution in [0.4, 0.5) is 11.4 Å². The Morgan fingerprint density at radius 1 is 1.43 bits per heavy atom. The summed E-state index contributed by atoms with van der Waals surface area (Å²) in [5, 5.41) is 9.38. The number of halogens is 1. The summed E-state index contributed by atoms with van der Waals surface area (Å²) in [4.78, 5) is 23.5. The predicted octanol–water partition coefficient (Wildman–Crippen LogP) is 1.12. The number of nitrogens with zero attached hydrogens (tertiary/aromatic N) is 2. The van der Waals surface area contributed by atoms with E-state index in [4.69, 9.17) is 17.3 Å². The zero-order valence-electron chi connectivity index (χ0n) is 11.3. The van der Waals surface area contributed by atoms with Gasteiger partial charge in [0, 0.05) is 18.9 Å². The number of amides is 2. The molecule has 0 saturated heterocycles. The van der Waals surface area contributed by atoms with E-state index in [0.717, 1.165) is 0 Å². The molecule has 0 fully saturated rings. The van der Waals surface area contributed by atoms with Crippen LogP contribution >= 0.6 is 11.6 Å². The van der Waals surface area contributed by atoms with E-state index in [-0.39, 0.29) is 18.4 Å². The largest absolute Gasteiger partial charge is 0.396 e. The molecule has 0 spiro atoms. The number of aromatic nitrogens is 2. The molecule has 0 unspecified atom stereocenters. The minimum Gasteiger partial charge on any atom is -0.396 e. The standard InChI is InChI=1S/C13H14ClN5O2/c1-16-13(21)10-4-9(2-3-11(10)14)18-12(20)7-19-6-8(15)5-17-19/h2-6H,7,15H2,1H3,(H,16,21)(H,18,20). The molecule has 110 valence electrons. The number of benzene rings is 1. The van der Waals surface area contributed by atoms with Crippen molar-refractivity contribution < 1.29 is 9.59 Å². The maximum atomic E-state index is 11.9. The highest BCUT2D eigenvalue weighted by molar-refractivity contribution is 6.34. The monoisotopic (exact) mass is 307 g/mol. The van der Waals surface area contributed by atoms with Gasteiger partial charge >= 0.3 is 0 Å². The summed E-state index contributed by atoms with van der Waals surface area (Å²) in [7, 11) is 1.51. The van der Waals surface area contributed by atoms with Crippen molar-refractivity contribution in [3.63, 3.8) is 0 Å². The summed E-state index contributed by atoms with van der Waals surface area (Å²) in [6.45, 7) is 0.0230. The molecule has 21 heavy (non-hydrogen) atoms. The molecule has 0 aliphatic rings. The Balaban J connectivity index is 2.08. The van der Waals surface area contributed by atoms with Gasteiger partial charge in [0.25, 0.3) is 5.91 Å². The molecule has 0 atom stereocenters. The SMILES string of the molecule is CNC(=O)c1cc(NC(=O)Cn2cc(N)cn2)ccc1Cl. The molecule has 0 bridgehead atoms. The lowest BCUT2D eigenvalue weighted by Gasteiger charge is -2.08. The molecule has 4 N–H and O–H groups in total. The van der Waals surface area contributed by atoms with Crippen LogP contribution in [0.25, 0.3) is 0 Å². The smallest absolute Gasteiger partial charge is 0.252 e. The van der Waals surface area contributed by atoms with Crippen LogP contribution in [0.2, 0.25) is 5.02 Å². The number of nitrogens with one attached hydrogen (secondary N) is 2. The van der Waals surface area contributed by atoms with Crippen LogP contribution in [0.3, 0.4) is 0 Å². The van der Waals surface area contributed by atoms with E-state index in [2.05, 4.69) is 15.7 Å². The first-order chi connectivity index (χ1) is 9.99. The number of rotatable bonds is 4. The van der Waals surface area contributed by atoms with Gasteiger partial charge in [-0.2, -0.15) is 5.10 Å². The van der Waals surface area contributed by atoms with Crippen molar-refractivity contribution >= 4 is 34.8 Å². The lowest BCUT2D eigenvalue weighted by Crippen LogP contribution is -2.21. The summed E-state index contributed by atoms with van der Waals surface area (Å²) in [6.07, 6.45) is 3.01. The Labute approximate surface area is 126 Å². The normalized spacial score (nSPS) is 10.2. The second kappa shape index (κ2) is 6.27. The number of hydrogen-bond acceptors (Lipinski definition) is 4. The van der Waals surface area contributed by atoms with Crippen LogP contribution in [0, 0.1) is 0 Å². The molecule has 1 aromatic heterocycles. The molecular weight excluding hydrogens is 294 g/mol. The van der Waals surface area contributed by atoms with Crippen molar-refractivity contribution in [3.05, 3.63) is 41.2 Å². The van der Waals surface area contributed by atoms with Gasteiger partial charge in [-0.05, 0) is 18.2 Å². The first-order valence-corrected chi connectivity index (χ1v) is 6.47. The lowest BCUT2D eigenvalue weighted by molar-refractivity contribution is -0.116. The molecule has 2 amide bonds. The Bertz CT molecular complexity index is 683. The highest BCUT2D eigenvalue weighted by atomic mass is 35.5. The number of carbonyl (C=O) groups excluding carboxylic acids is 2. The van der Waals surface area contributed by atoms with Crippen molar-refractivity contribution in [2.24, 2.45) is 0 Å². The molecule has 1 aromatic carbocycles. The van der Waals surface area contributed by atoms with Crippen molar-refractivity contribution in [2.45, 2.75) is 6.54 Å². The third-order valence-corrected chi connectivity index (χ3v) is 3.01. The minimum absolute atomic E-state index is 0.0230. The van der Waals surface area contributed by atoms with E-state index < -0.39 is 0 Å². The fourth-order valence-corrected chi connectivity index (χ4v) is 1.93. The van der Waals surface area contributed by atoms with Crippen LogP contribution in [0.5, 0.6) is 0 Å². The summed E-state index contributed by atoms with van der Waals surface area (Å²) < 4.78 is 1.42. The molecule has 0 aliphatic heterocycles. The summed E-state index contributed by atoms with van der Waals surface area (Å²) in [5.41, 5.74) is 6.77. The van der Waals surface area contributed by atoms with E-state index in [0.29, 0.717) is 22.0 Å². The highest BCUT2D eigenvalue weighted by Gasteiger charge is 2.11. The van der Waals surface area contributed by atoms with Crippen molar-refractivity contribution in [3.8, 4) is 0 Å². The average molecular weight is 308 g/mol. The van der Waals surface area contributed by atoms with E-state index in [1.165, 1.54) is 24.0 Å². The Morgan fingerprint density at radius 3 is 2.81 bits per heavy atom. The number of hydrogen-bond donors (Lipinski definition) is 3. The van der Waals surface area contributed by atoms with E-state index >= 15 is 0 Å². The molecule has 0 saturated carbocycles. The van der Waals surface area contributed by atoms with Crippen molar-refractivity contribution in [2.75, 3.05) is 18.1 Å². The van der Waals surface area contributed by atoms with Crippen LogP contribution in [0.1, 0.15) is 10.4 Å². The Kier molecular flexibility index (Phi) is 4.44. The van der Waals surface area contributed by atoms with E-state index in [1.807, 2.05) is 0 Å². The van der Waals surface area contributed by atoms with Gasteiger partial charge in [-0.1, -0.05) is 11.6 Å². The first-order valence-electron chi connectivity index (χ1n) is 6.09. The third-order valence-electron chi connectivity index (χ3n) is 2.68. The quantitative estimate of drug-likeness (QED) is 0.787. The van der Waals surface area contributed by atoms with Gasteiger partial charge in [0.15, 0.2) is 0 Å². The average Bonchev–Trinajstić information content (AvgIpc) is 2.85. The van der Waals surface area contributed by atoms with Crippen molar-refractivity contribution in [1.29, 1.82) is 0 Å². The zero-order valence-corrected chi connectivity index (χ0v) is 12.0. The predicted molar refractivity (Wildman–Crippen MR) is 80.1 cm³/mol. The van der Waals surface area contributed by atoms with Gasteiger partial charge in [0.2, 0.25) is 5.91 Å². The van der Waals surface area contributed by atoms with Gasteiger partial charge < -0.3 is 16.4 Å². The molecule has 8 heteroatoms. The summed E-state index contributed by atoms with van der Waals surface area (Å²) >= 11 is 5.94. The summed E-state index contributed by atoms with van der Waals surface area (Å²) in [6, 6.07) is 4.67. The van der Waals surface area contributed by atoms with Gasteiger partial charge in [0.05, 0.1) is 22.5 Å². The number of anilines is 2. The summed E-state index contributed by atoms with van der Waals surface area (Å²) in [5.74, 6) is -0.612. The van der Waals surface area contributed by atoms with Crippen LogP contribution in [-0.4, -0.2) is 28.6 Å². The van der Waals surface area contributed by atoms with Crippen LogP contribution < -0.4 is 16.4 Å². The topological polar surface area (TPSA) is 102 Å². The maximum Gasteiger partial charge on any atom is 0.252 e.